The van der Waals surface area contributed by atoms with Crippen LogP contribution in [0, 0.1) is 13.8 Å². The smallest absolute Gasteiger partial charge is 0.262 e. The monoisotopic (exact) mass is 448 g/mol. The molecule has 0 fully saturated rings. The first-order valence-electron chi connectivity index (χ1n) is 10.6. The molecule has 7 nitrogen and oxygen atoms in total. The van der Waals surface area contributed by atoms with E-state index >= 15 is 0 Å². The van der Waals surface area contributed by atoms with E-state index in [-0.39, 0.29) is 18.4 Å². The fourth-order valence-corrected chi connectivity index (χ4v) is 3.26. The minimum Gasteiger partial charge on any atom is -0.497 e. The predicted molar refractivity (Wildman–Crippen MR) is 127 cm³/mol. The van der Waals surface area contributed by atoms with Gasteiger partial charge in [-0.2, -0.15) is 0 Å². The van der Waals surface area contributed by atoms with E-state index in [4.69, 9.17) is 14.2 Å². The van der Waals surface area contributed by atoms with Gasteiger partial charge in [0.05, 0.1) is 19.2 Å². The summed E-state index contributed by atoms with van der Waals surface area (Å²) in [6.07, 6.45) is 0. The summed E-state index contributed by atoms with van der Waals surface area (Å²) < 4.78 is 16.6. The summed E-state index contributed by atoms with van der Waals surface area (Å²) in [6.45, 7) is 4.40. The molecule has 172 valence electrons. The van der Waals surface area contributed by atoms with E-state index in [1.165, 1.54) is 0 Å². The highest BCUT2D eigenvalue weighted by atomic mass is 16.5. The van der Waals surface area contributed by atoms with Gasteiger partial charge in [-0.1, -0.05) is 36.4 Å². The van der Waals surface area contributed by atoms with Gasteiger partial charge in [-0.25, -0.2) is 0 Å². The average Bonchev–Trinajstić information content (AvgIpc) is 2.82. The van der Waals surface area contributed by atoms with Crippen LogP contribution in [-0.4, -0.2) is 38.7 Å². The Labute approximate surface area is 193 Å². The van der Waals surface area contributed by atoms with Crippen molar-refractivity contribution >= 4 is 17.5 Å². The molecule has 0 unspecified atom stereocenters. The van der Waals surface area contributed by atoms with Crippen LogP contribution in [0.2, 0.25) is 0 Å². The lowest BCUT2D eigenvalue weighted by molar-refractivity contribution is -0.118. The van der Waals surface area contributed by atoms with Gasteiger partial charge in [-0.15, -0.1) is 0 Å². The number of methoxy groups -OCH3 is 1. The van der Waals surface area contributed by atoms with Crippen molar-refractivity contribution in [1.29, 1.82) is 0 Å². The van der Waals surface area contributed by atoms with Gasteiger partial charge in [0, 0.05) is 11.8 Å². The van der Waals surface area contributed by atoms with Crippen molar-refractivity contribution in [3.63, 3.8) is 0 Å². The first kappa shape index (κ1) is 23.7. The van der Waals surface area contributed by atoms with Crippen LogP contribution in [0.4, 0.5) is 5.69 Å². The van der Waals surface area contributed by atoms with E-state index in [1.54, 1.807) is 55.6 Å². The Morgan fingerprint density at radius 3 is 2.36 bits per heavy atom. The van der Waals surface area contributed by atoms with Crippen molar-refractivity contribution in [3.8, 4) is 17.2 Å². The summed E-state index contributed by atoms with van der Waals surface area (Å²) in [4.78, 5) is 24.9. The van der Waals surface area contributed by atoms with Crippen molar-refractivity contribution in [1.82, 2.24) is 5.32 Å². The van der Waals surface area contributed by atoms with Gasteiger partial charge in [-0.05, 0) is 49.2 Å². The predicted octanol–water partition coefficient (Wildman–Crippen LogP) is 4.14. The molecular formula is C26H28N2O5. The second-order valence-corrected chi connectivity index (χ2v) is 7.39. The van der Waals surface area contributed by atoms with Gasteiger partial charge in [0.1, 0.15) is 23.9 Å². The van der Waals surface area contributed by atoms with Crippen LogP contribution < -0.4 is 24.8 Å². The van der Waals surface area contributed by atoms with Crippen LogP contribution in [0.25, 0.3) is 0 Å². The maximum absolute atomic E-state index is 12.7. The van der Waals surface area contributed by atoms with Gasteiger partial charge in [0.25, 0.3) is 11.8 Å². The first-order valence-corrected chi connectivity index (χ1v) is 10.6. The highest BCUT2D eigenvalue weighted by Crippen LogP contribution is 2.22. The number of hydrogen-bond acceptors (Lipinski definition) is 5. The number of carbonyl (C=O) groups excluding carboxylic acids is 2. The topological polar surface area (TPSA) is 85.9 Å². The second-order valence-electron chi connectivity index (χ2n) is 7.39. The zero-order valence-electron chi connectivity index (χ0n) is 19.0. The Balaban J connectivity index is 1.51. The second kappa shape index (κ2) is 11.6. The van der Waals surface area contributed by atoms with E-state index in [2.05, 4.69) is 10.6 Å². The third kappa shape index (κ3) is 6.74. The molecule has 0 aliphatic heterocycles. The highest BCUT2D eigenvalue weighted by Gasteiger charge is 2.13. The molecule has 0 aliphatic carbocycles. The van der Waals surface area contributed by atoms with Crippen molar-refractivity contribution in [2.24, 2.45) is 0 Å². The Morgan fingerprint density at radius 2 is 1.61 bits per heavy atom. The number of nitrogens with one attached hydrogen (secondary N) is 2. The average molecular weight is 449 g/mol. The summed E-state index contributed by atoms with van der Waals surface area (Å²) >= 11 is 0. The lowest BCUT2D eigenvalue weighted by Gasteiger charge is -2.14. The standard InChI is InChI=1S/C26H28N2O5/c1-18-8-6-9-19(2)25(18)32-15-14-27-26(30)22-12-4-5-13-23(22)33-17-24(29)28-20-10-7-11-21(16-20)31-3/h4-13,16H,14-15,17H2,1-3H3,(H,27,30)(H,28,29). The number of benzene rings is 3. The van der Waals surface area contributed by atoms with E-state index in [1.807, 2.05) is 32.0 Å². The molecule has 3 aromatic carbocycles. The van der Waals surface area contributed by atoms with Crippen LogP contribution in [-0.2, 0) is 4.79 Å². The summed E-state index contributed by atoms with van der Waals surface area (Å²) in [5, 5.41) is 5.57. The highest BCUT2D eigenvalue weighted by molar-refractivity contribution is 5.97. The third-order valence-electron chi connectivity index (χ3n) is 4.89. The molecular weight excluding hydrogens is 420 g/mol. The summed E-state index contributed by atoms with van der Waals surface area (Å²) in [5.74, 6) is 1.14. The molecule has 0 radical (unpaired) electrons. The summed E-state index contributed by atoms with van der Waals surface area (Å²) in [5.41, 5.74) is 3.04. The zero-order valence-corrected chi connectivity index (χ0v) is 19.0. The third-order valence-corrected chi connectivity index (χ3v) is 4.89. The fraction of sp³-hybridized carbons (Fsp3) is 0.231. The van der Waals surface area contributed by atoms with Crippen molar-refractivity contribution in [2.45, 2.75) is 13.8 Å². The molecule has 0 bridgehead atoms. The van der Waals surface area contributed by atoms with E-state index in [0.29, 0.717) is 35.9 Å². The SMILES string of the molecule is COc1cccc(NC(=O)COc2ccccc2C(=O)NCCOc2c(C)cccc2C)c1. The minimum atomic E-state index is -0.347. The molecule has 0 spiro atoms. The Hall–Kier alpha value is -4.00. The molecule has 3 aromatic rings. The lowest BCUT2D eigenvalue weighted by Crippen LogP contribution is -2.29. The van der Waals surface area contributed by atoms with Crippen molar-refractivity contribution < 1.29 is 23.8 Å². The van der Waals surface area contributed by atoms with Crippen LogP contribution >= 0.6 is 0 Å². The Bertz CT molecular complexity index is 1090. The number of rotatable bonds is 10. The first-order chi connectivity index (χ1) is 16.0. The van der Waals surface area contributed by atoms with Gasteiger partial charge in [0.2, 0.25) is 0 Å². The maximum Gasteiger partial charge on any atom is 0.262 e. The van der Waals surface area contributed by atoms with Crippen molar-refractivity contribution in [3.05, 3.63) is 83.4 Å². The van der Waals surface area contributed by atoms with Crippen LogP contribution in [0.5, 0.6) is 17.2 Å². The molecule has 0 heterocycles. The van der Waals surface area contributed by atoms with Gasteiger partial charge >= 0.3 is 0 Å². The molecule has 0 atom stereocenters. The maximum atomic E-state index is 12.7. The number of ether oxygens (including phenoxy) is 3. The van der Waals surface area contributed by atoms with E-state index in [0.717, 1.165) is 16.9 Å². The minimum absolute atomic E-state index is 0.239. The molecule has 0 saturated carbocycles. The Kier molecular flexibility index (Phi) is 8.30. The van der Waals surface area contributed by atoms with E-state index < -0.39 is 0 Å². The van der Waals surface area contributed by atoms with Crippen LogP contribution in [0.3, 0.4) is 0 Å². The number of hydrogen-bond donors (Lipinski definition) is 2. The van der Waals surface area contributed by atoms with E-state index in [9.17, 15) is 9.59 Å². The molecule has 2 N–H and O–H groups in total. The summed E-state index contributed by atoms with van der Waals surface area (Å²) in [7, 11) is 1.56. The zero-order chi connectivity index (χ0) is 23.6. The summed E-state index contributed by atoms with van der Waals surface area (Å²) in [6, 6.07) is 19.8. The Morgan fingerprint density at radius 1 is 0.879 bits per heavy atom. The molecule has 2 amide bonds. The fourth-order valence-electron chi connectivity index (χ4n) is 3.26. The molecule has 0 aliphatic rings. The quantitative estimate of drug-likeness (QED) is 0.456. The van der Waals surface area contributed by atoms with Crippen molar-refractivity contribution in [2.75, 3.05) is 32.2 Å². The number of para-hydroxylation sites is 2. The number of anilines is 1. The number of carbonyl (C=O) groups is 2. The van der Waals surface area contributed by atoms with Gasteiger partial charge in [-0.3, -0.25) is 9.59 Å². The normalized spacial score (nSPS) is 10.3. The molecule has 0 aromatic heterocycles. The van der Waals surface area contributed by atoms with Crippen LogP contribution in [0.15, 0.2) is 66.7 Å². The lowest BCUT2D eigenvalue weighted by atomic mass is 10.1. The molecule has 7 heteroatoms. The number of amides is 2. The molecule has 33 heavy (non-hydrogen) atoms. The molecule has 3 rings (SSSR count). The van der Waals surface area contributed by atoms with Crippen LogP contribution in [0.1, 0.15) is 21.5 Å². The van der Waals surface area contributed by atoms with Gasteiger partial charge in [0.15, 0.2) is 6.61 Å². The molecule has 0 saturated heterocycles. The number of aryl methyl sites for hydroxylation is 2. The largest absolute Gasteiger partial charge is 0.497 e. The van der Waals surface area contributed by atoms with Gasteiger partial charge < -0.3 is 24.8 Å².